The van der Waals surface area contributed by atoms with E-state index in [1.807, 2.05) is 48.5 Å². The molecule has 28 heavy (non-hydrogen) atoms. The van der Waals surface area contributed by atoms with Crippen molar-refractivity contribution in [1.29, 1.82) is 0 Å². The Hall–Kier alpha value is -3.22. The van der Waals surface area contributed by atoms with Crippen LogP contribution >= 0.6 is 0 Å². The molecule has 1 N–H and O–H groups in total. The molecule has 1 saturated heterocycles. The number of rotatable bonds is 5. The fourth-order valence-corrected chi connectivity index (χ4v) is 3.11. The zero-order chi connectivity index (χ0) is 19.9. The van der Waals surface area contributed by atoms with Crippen molar-refractivity contribution in [3.8, 4) is 11.5 Å². The minimum absolute atomic E-state index is 0.306. The van der Waals surface area contributed by atoms with E-state index in [0.717, 1.165) is 22.7 Å². The van der Waals surface area contributed by atoms with Gasteiger partial charge in [-0.3, -0.25) is 9.59 Å². The van der Waals surface area contributed by atoms with E-state index in [9.17, 15) is 9.59 Å². The number of piperazine rings is 1. The zero-order valence-electron chi connectivity index (χ0n) is 16.2. The first-order valence-electron chi connectivity index (χ1n) is 9.19. The highest BCUT2D eigenvalue weighted by Crippen LogP contribution is 2.20. The summed E-state index contributed by atoms with van der Waals surface area (Å²) in [6.45, 7) is 2.70. The predicted molar refractivity (Wildman–Crippen MR) is 107 cm³/mol. The Balaban J connectivity index is 1.47. The van der Waals surface area contributed by atoms with Crippen molar-refractivity contribution < 1.29 is 19.1 Å². The molecule has 0 aromatic heterocycles. The molecule has 2 amide bonds. The minimum atomic E-state index is -0.575. The summed E-state index contributed by atoms with van der Waals surface area (Å²) in [6.07, 6.45) is 0. The number of methoxy groups -OCH3 is 2. The molecule has 2 aromatic carbocycles. The lowest BCUT2D eigenvalue weighted by Crippen LogP contribution is -2.52. The maximum Gasteiger partial charge on any atom is 0.312 e. The summed E-state index contributed by atoms with van der Waals surface area (Å²) in [5.74, 6) is 0.503. The average Bonchev–Trinajstić information content (AvgIpc) is 2.77. The highest BCUT2D eigenvalue weighted by molar-refractivity contribution is 6.35. The first kappa shape index (κ1) is 19.5. The van der Waals surface area contributed by atoms with Gasteiger partial charge in [-0.1, -0.05) is 12.1 Å². The van der Waals surface area contributed by atoms with Crippen LogP contribution in [-0.4, -0.2) is 57.1 Å². The van der Waals surface area contributed by atoms with E-state index in [1.165, 1.54) is 0 Å². The summed E-state index contributed by atoms with van der Waals surface area (Å²) in [7, 11) is 3.24. The maximum absolute atomic E-state index is 12.4. The molecule has 1 aliphatic heterocycles. The van der Waals surface area contributed by atoms with Crippen LogP contribution < -0.4 is 19.7 Å². The van der Waals surface area contributed by atoms with Gasteiger partial charge in [0.05, 0.1) is 14.2 Å². The number of nitrogens with one attached hydrogen (secondary N) is 1. The molecule has 0 atom stereocenters. The third-order valence-corrected chi connectivity index (χ3v) is 4.81. The second-order valence-electron chi connectivity index (χ2n) is 6.51. The standard InChI is InChI=1S/C21H25N3O4/c1-27-18-7-3-16(4-8-18)15-22-20(25)21(26)24-13-11-23(12-14-24)17-5-9-19(28-2)10-6-17/h3-10H,11-15H2,1-2H3,(H,22,25). The average molecular weight is 383 g/mol. The molecule has 1 fully saturated rings. The van der Waals surface area contributed by atoms with Gasteiger partial charge in [-0.05, 0) is 42.0 Å². The Labute approximate surface area is 164 Å². The fourth-order valence-electron chi connectivity index (χ4n) is 3.11. The fraction of sp³-hybridized carbons (Fsp3) is 0.333. The van der Waals surface area contributed by atoms with E-state index in [0.29, 0.717) is 32.7 Å². The van der Waals surface area contributed by atoms with Crippen LogP contribution in [0.3, 0.4) is 0 Å². The zero-order valence-corrected chi connectivity index (χ0v) is 16.2. The molecule has 1 heterocycles. The Bertz CT molecular complexity index is 797. The molecule has 0 unspecified atom stereocenters. The third-order valence-electron chi connectivity index (χ3n) is 4.81. The highest BCUT2D eigenvalue weighted by Gasteiger charge is 2.26. The van der Waals surface area contributed by atoms with Crippen LogP contribution in [0.5, 0.6) is 11.5 Å². The highest BCUT2D eigenvalue weighted by atomic mass is 16.5. The van der Waals surface area contributed by atoms with Gasteiger partial charge in [-0.15, -0.1) is 0 Å². The van der Waals surface area contributed by atoms with E-state index in [1.54, 1.807) is 19.1 Å². The summed E-state index contributed by atoms with van der Waals surface area (Å²) >= 11 is 0. The number of amides is 2. The Morgan fingerprint density at radius 2 is 1.39 bits per heavy atom. The quantitative estimate of drug-likeness (QED) is 0.796. The first-order chi connectivity index (χ1) is 13.6. The van der Waals surface area contributed by atoms with Crippen LogP contribution in [0.25, 0.3) is 0 Å². The predicted octanol–water partition coefficient (Wildman–Crippen LogP) is 1.67. The summed E-state index contributed by atoms with van der Waals surface area (Å²) in [6, 6.07) is 15.2. The van der Waals surface area contributed by atoms with Crippen molar-refractivity contribution in [3.05, 3.63) is 54.1 Å². The topological polar surface area (TPSA) is 71.1 Å². The molecule has 2 aromatic rings. The second kappa shape index (κ2) is 9.12. The molecular formula is C21H25N3O4. The normalized spacial score (nSPS) is 13.8. The van der Waals surface area contributed by atoms with Crippen molar-refractivity contribution in [2.75, 3.05) is 45.3 Å². The smallest absolute Gasteiger partial charge is 0.312 e. The third kappa shape index (κ3) is 4.73. The largest absolute Gasteiger partial charge is 0.497 e. The number of nitrogens with zero attached hydrogens (tertiary/aromatic N) is 2. The van der Waals surface area contributed by atoms with Crippen molar-refractivity contribution in [2.24, 2.45) is 0 Å². The number of hydrogen-bond donors (Lipinski definition) is 1. The van der Waals surface area contributed by atoms with Crippen molar-refractivity contribution in [1.82, 2.24) is 10.2 Å². The van der Waals surface area contributed by atoms with Gasteiger partial charge in [0.2, 0.25) is 0 Å². The van der Waals surface area contributed by atoms with E-state index in [2.05, 4.69) is 10.2 Å². The lowest BCUT2D eigenvalue weighted by molar-refractivity contribution is -0.146. The monoisotopic (exact) mass is 383 g/mol. The van der Waals surface area contributed by atoms with Crippen LogP contribution in [-0.2, 0) is 16.1 Å². The van der Waals surface area contributed by atoms with E-state index < -0.39 is 11.8 Å². The lowest BCUT2D eigenvalue weighted by atomic mass is 10.2. The summed E-state index contributed by atoms with van der Waals surface area (Å²) in [4.78, 5) is 28.4. The number of ether oxygens (including phenoxy) is 2. The van der Waals surface area contributed by atoms with Crippen molar-refractivity contribution in [2.45, 2.75) is 6.54 Å². The molecule has 148 valence electrons. The Morgan fingerprint density at radius 3 is 1.93 bits per heavy atom. The van der Waals surface area contributed by atoms with Gasteiger partial charge in [-0.2, -0.15) is 0 Å². The van der Waals surface area contributed by atoms with Crippen LogP contribution in [0.2, 0.25) is 0 Å². The number of carbonyl (C=O) groups excluding carboxylic acids is 2. The van der Waals surface area contributed by atoms with Crippen LogP contribution in [0.15, 0.2) is 48.5 Å². The molecule has 0 bridgehead atoms. The van der Waals surface area contributed by atoms with E-state index in [4.69, 9.17) is 9.47 Å². The van der Waals surface area contributed by atoms with E-state index in [-0.39, 0.29) is 0 Å². The first-order valence-corrected chi connectivity index (χ1v) is 9.19. The summed E-state index contributed by atoms with van der Waals surface area (Å²) in [5.41, 5.74) is 1.99. The minimum Gasteiger partial charge on any atom is -0.497 e. The number of anilines is 1. The molecular weight excluding hydrogens is 358 g/mol. The molecule has 7 nitrogen and oxygen atoms in total. The van der Waals surface area contributed by atoms with Gasteiger partial charge in [0.15, 0.2) is 0 Å². The summed E-state index contributed by atoms with van der Waals surface area (Å²) < 4.78 is 10.3. The SMILES string of the molecule is COc1ccc(CNC(=O)C(=O)N2CCN(c3ccc(OC)cc3)CC2)cc1. The van der Waals surface area contributed by atoms with Gasteiger partial charge in [0.1, 0.15) is 11.5 Å². The summed E-state index contributed by atoms with van der Waals surface area (Å²) in [5, 5.41) is 2.69. The molecule has 0 saturated carbocycles. The van der Waals surface area contributed by atoms with Crippen molar-refractivity contribution >= 4 is 17.5 Å². The molecule has 0 aliphatic carbocycles. The second-order valence-corrected chi connectivity index (χ2v) is 6.51. The van der Waals surface area contributed by atoms with Gasteiger partial charge >= 0.3 is 11.8 Å². The molecule has 0 spiro atoms. The molecule has 3 rings (SSSR count). The number of benzene rings is 2. The van der Waals surface area contributed by atoms with Crippen LogP contribution in [0.4, 0.5) is 5.69 Å². The van der Waals surface area contributed by atoms with Gasteiger partial charge in [-0.25, -0.2) is 0 Å². The number of carbonyl (C=O) groups is 2. The number of hydrogen-bond acceptors (Lipinski definition) is 5. The Morgan fingerprint density at radius 1 is 0.857 bits per heavy atom. The Kier molecular flexibility index (Phi) is 6.37. The molecule has 7 heteroatoms. The van der Waals surface area contributed by atoms with Crippen LogP contribution in [0, 0.1) is 0 Å². The van der Waals surface area contributed by atoms with Gasteiger partial charge in [0.25, 0.3) is 0 Å². The molecule has 0 radical (unpaired) electrons. The maximum atomic E-state index is 12.4. The van der Waals surface area contributed by atoms with E-state index >= 15 is 0 Å². The van der Waals surface area contributed by atoms with Crippen LogP contribution in [0.1, 0.15) is 5.56 Å². The molecule has 1 aliphatic rings. The lowest BCUT2D eigenvalue weighted by Gasteiger charge is -2.35. The van der Waals surface area contributed by atoms with Gasteiger partial charge < -0.3 is 24.6 Å². The van der Waals surface area contributed by atoms with Gasteiger partial charge in [0, 0.05) is 38.4 Å². The van der Waals surface area contributed by atoms with Crippen molar-refractivity contribution in [3.63, 3.8) is 0 Å².